The van der Waals surface area contributed by atoms with Crippen molar-refractivity contribution in [3.05, 3.63) is 63.0 Å². The van der Waals surface area contributed by atoms with Crippen LogP contribution in [0.15, 0.2) is 52.5 Å². The highest BCUT2D eigenvalue weighted by atomic mass is 32.1. The van der Waals surface area contributed by atoms with Crippen molar-refractivity contribution in [2.24, 2.45) is 0 Å². The Labute approximate surface area is 168 Å². The SMILES string of the molecule is O=C(NCC(O)(c1ccsc1)c1cccs1)C(=O)Nc1ccc2c(c1)OCO2. The molecule has 0 spiro atoms. The molecule has 0 radical (unpaired) electrons. The van der Waals surface area contributed by atoms with E-state index in [1.165, 1.54) is 22.7 Å². The predicted molar refractivity (Wildman–Crippen MR) is 106 cm³/mol. The minimum absolute atomic E-state index is 0.122. The van der Waals surface area contributed by atoms with Gasteiger partial charge in [0.25, 0.3) is 0 Å². The second-order valence-electron chi connectivity index (χ2n) is 6.05. The van der Waals surface area contributed by atoms with Gasteiger partial charge in [-0.25, -0.2) is 0 Å². The molecule has 1 aliphatic heterocycles. The second kappa shape index (κ2) is 7.63. The molecule has 1 aliphatic rings. The largest absolute Gasteiger partial charge is 0.454 e. The highest BCUT2D eigenvalue weighted by Crippen LogP contribution is 2.35. The molecule has 1 unspecified atom stereocenters. The number of ether oxygens (including phenoxy) is 2. The third-order valence-electron chi connectivity index (χ3n) is 4.27. The molecule has 0 fully saturated rings. The summed E-state index contributed by atoms with van der Waals surface area (Å²) in [5, 5.41) is 21.8. The lowest BCUT2D eigenvalue weighted by Crippen LogP contribution is -2.44. The summed E-state index contributed by atoms with van der Waals surface area (Å²) in [5.74, 6) is -0.595. The maximum Gasteiger partial charge on any atom is 0.313 e. The minimum atomic E-state index is -1.40. The number of benzene rings is 1. The molecule has 1 aromatic carbocycles. The van der Waals surface area contributed by atoms with Crippen molar-refractivity contribution in [1.29, 1.82) is 0 Å². The Morgan fingerprint density at radius 2 is 1.96 bits per heavy atom. The van der Waals surface area contributed by atoms with E-state index in [1.807, 2.05) is 22.2 Å². The smallest absolute Gasteiger partial charge is 0.313 e. The number of carbonyl (C=O) groups is 2. The number of rotatable bonds is 5. The predicted octanol–water partition coefficient (Wildman–Crippen LogP) is 2.53. The summed E-state index contributed by atoms with van der Waals surface area (Å²) in [5.41, 5.74) is -0.324. The number of thiophene rings is 2. The van der Waals surface area contributed by atoms with E-state index < -0.39 is 17.4 Å². The van der Waals surface area contributed by atoms with Crippen molar-refractivity contribution < 1.29 is 24.2 Å². The average Bonchev–Trinajstić information content (AvgIpc) is 3.47. The van der Waals surface area contributed by atoms with Gasteiger partial charge in [0.05, 0.1) is 6.54 Å². The van der Waals surface area contributed by atoms with E-state index in [4.69, 9.17) is 9.47 Å². The number of nitrogens with one attached hydrogen (secondary N) is 2. The maximum absolute atomic E-state index is 12.3. The standard InChI is InChI=1S/C19H16N2O5S2/c22-17(18(23)21-13-3-4-14-15(8-13)26-11-25-14)20-10-19(24,12-5-7-27-9-12)16-2-1-6-28-16/h1-9,24H,10-11H2,(H,20,22)(H,21,23). The Morgan fingerprint density at radius 1 is 1.11 bits per heavy atom. The molecule has 7 nitrogen and oxygen atoms in total. The van der Waals surface area contributed by atoms with Gasteiger partial charge in [0, 0.05) is 22.2 Å². The molecule has 0 bridgehead atoms. The highest BCUT2D eigenvalue weighted by molar-refractivity contribution is 7.10. The van der Waals surface area contributed by atoms with Gasteiger partial charge >= 0.3 is 11.8 Å². The van der Waals surface area contributed by atoms with Crippen molar-refractivity contribution >= 4 is 40.2 Å². The topological polar surface area (TPSA) is 96.9 Å². The van der Waals surface area contributed by atoms with E-state index >= 15 is 0 Å². The first kappa shape index (κ1) is 18.5. The van der Waals surface area contributed by atoms with Crippen LogP contribution in [0.3, 0.4) is 0 Å². The molecule has 1 atom stereocenters. The molecule has 3 aromatic rings. The molecule has 0 saturated heterocycles. The van der Waals surface area contributed by atoms with Crippen LogP contribution in [-0.2, 0) is 15.2 Å². The fraction of sp³-hybridized carbons (Fsp3) is 0.158. The lowest BCUT2D eigenvalue weighted by molar-refractivity contribution is -0.136. The van der Waals surface area contributed by atoms with Gasteiger partial charge in [-0.2, -0.15) is 11.3 Å². The van der Waals surface area contributed by atoms with Gasteiger partial charge in [0.15, 0.2) is 11.5 Å². The summed E-state index contributed by atoms with van der Waals surface area (Å²) in [6, 6.07) is 10.3. The first-order chi connectivity index (χ1) is 13.6. The summed E-state index contributed by atoms with van der Waals surface area (Å²) in [7, 11) is 0. The number of hydrogen-bond acceptors (Lipinski definition) is 7. The molecule has 2 amide bonds. The van der Waals surface area contributed by atoms with E-state index in [-0.39, 0.29) is 13.3 Å². The second-order valence-corrected chi connectivity index (χ2v) is 7.78. The van der Waals surface area contributed by atoms with Gasteiger partial charge in [-0.15, -0.1) is 11.3 Å². The third-order valence-corrected chi connectivity index (χ3v) is 5.97. The van der Waals surface area contributed by atoms with Crippen molar-refractivity contribution in [1.82, 2.24) is 5.32 Å². The summed E-state index contributed by atoms with van der Waals surface area (Å²) in [4.78, 5) is 25.2. The summed E-state index contributed by atoms with van der Waals surface area (Å²) < 4.78 is 10.5. The number of amides is 2. The number of fused-ring (bicyclic) bond motifs is 1. The van der Waals surface area contributed by atoms with Crippen LogP contribution in [0.1, 0.15) is 10.4 Å². The van der Waals surface area contributed by atoms with Crippen LogP contribution in [-0.4, -0.2) is 30.3 Å². The fourth-order valence-corrected chi connectivity index (χ4v) is 4.37. The molecule has 0 aliphatic carbocycles. The molecule has 4 rings (SSSR count). The molecular weight excluding hydrogens is 400 g/mol. The molecule has 3 heterocycles. The first-order valence-corrected chi connectivity index (χ1v) is 10.2. The quantitative estimate of drug-likeness (QED) is 0.556. The molecule has 3 N–H and O–H groups in total. The van der Waals surface area contributed by atoms with Crippen LogP contribution >= 0.6 is 22.7 Å². The number of hydrogen-bond donors (Lipinski definition) is 3. The van der Waals surface area contributed by atoms with E-state index in [2.05, 4.69) is 10.6 Å². The number of aliphatic hydroxyl groups is 1. The minimum Gasteiger partial charge on any atom is -0.454 e. The zero-order chi connectivity index (χ0) is 19.6. The van der Waals surface area contributed by atoms with Gasteiger partial charge in [-0.1, -0.05) is 6.07 Å². The van der Waals surface area contributed by atoms with E-state index in [0.29, 0.717) is 27.6 Å². The fourth-order valence-electron chi connectivity index (χ4n) is 2.80. The normalized spacial score (nSPS) is 14.3. The zero-order valence-corrected chi connectivity index (χ0v) is 16.1. The Balaban J connectivity index is 1.43. The number of anilines is 1. The lowest BCUT2D eigenvalue weighted by atomic mass is 9.94. The summed E-state index contributed by atoms with van der Waals surface area (Å²) in [6.07, 6.45) is 0. The Bertz CT molecular complexity index is 952. The van der Waals surface area contributed by atoms with Gasteiger partial charge in [-0.05, 0) is 40.4 Å². The average molecular weight is 416 g/mol. The molecule has 2 aromatic heterocycles. The molecule has 9 heteroatoms. The van der Waals surface area contributed by atoms with Crippen LogP contribution in [0.4, 0.5) is 5.69 Å². The summed E-state index contributed by atoms with van der Waals surface area (Å²) >= 11 is 2.83. The third kappa shape index (κ3) is 3.59. The van der Waals surface area contributed by atoms with Gasteiger partial charge in [0.1, 0.15) is 5.60 Å². The first-order valence-electron chi connectivity index (χ1n) is 8.34. The van der Waals surface area contributed by atoms with E-state index in [1.54, 1.807) is 30.3 Å². The molecule has 0 saturated carbocycles. The van der Waals surface area contributed by atoms with Crippen molar-refractivity contribution in [3.8, 4) is 11.5 Å². The maximum atomic E-state index is 12.3. The lowest BCUT2D eigenvalue weighted by Gasteiger charge is -2.26. The van der Waals surface area contributed by atoms with Crippen molar-refractivity contribution in [2.75, 3.05) is 18.7 Å². The van der Waals surface area contributed by atoms with Crippen LogP contribution in [0.25, 0.3) is 0 Å². The molecule has 28 heavy (non-hydrogen) atoms. The summed E-state index contributed by atoms with van der Waals surface area (Å²) in [6.45, 7) is -0.00521. The molecule has 144 valence electrons. The van der Waals surface area contributed by atoms with Crippen molar-refractivity contribution in [2.45, 2.75) is 5.60 Å². The van der Waals surface area contributed by atoms with Crippen LogP contribution in [0, 0.1) is 0 Å². The van der Waals surface area contributed by atoms with E-state index in [0.717, 1.165) is 0 Å². The monoisotopic (exact) mass is 416 g/mol. The highest BCUT2D eigenvalue weighted by Gasteiger charge is 2.34. The Kier molecular flexibility index (Phi) is 5.03. The van der Waals surface area contributed by atoms with Gasteiger partial charge in [-0.3, -0.25) is 9.59 Å². The number of carbonyl (C=O) groups excluding carboxylic acids is 2. The van der Waals surface area contributed by atoms with Crippen LogP contribution in [0.2, 0.25) is 0 Å². The van der Waals surface area contributed by atoms with Crippen LogP contribution < -0.4 is 20.1 Å². The molecular formula is C19H16N2O5S2. The van der Waals surface area contributed by atoms with Crippen LogP contribution in [0.5, 0.6) is 11.5 Å². The zero-order valence-electron chi connectivity index (χ0n) is 14.5. The van der Waals surface area contributed by atoms with Gasteiger partial charge < -0.3 is 25.2 Å². The van der Waals surface area contributed by atoms with E-state index in [9.17, 15) is 14.7 Å². The van der Waals surface area contributed by atoms with Crippen molar-refractivity contribution in [3.63, 3.8) is 0 Å². The van der Waals surface area contributed by atoms with Gasteiger partial charge in [0.2, 0.25) is 6.79 Å². The Hall–Kier alpha value is -2.88. The Morgan fingerprint density at radius 3 is 2.71 bits per heavy atom.